The van der Waals surface area contributed by atoms with Gasteiger partial charge in [0.05, 0.1) is 6.61 Å². The van der Waals surface area contributed by atoms with Gasteiger partial charge in [-0.15, -0.1) is 0 Å². The Bertz CT molecular complexity index is 561. The first-order valence-electron chi connectivity index (χ1n) is 6.76. The molecular weight excluding hydrogens is 343 g/mol. The molecule has 0 heterocycles. The molecule has 9 heteroatoms. The summed E-state index contributed by atoms with van der Waals surface area (Å²) in [7, 11) is -9.65. The lowest BCUT2D eigenvalue weighted by atomic mass is 10.2. The van der Waals surface area contributed by atoms with Crippen molar-refractivity contribution >= 4 is 16.2 Å². The second-order valence-electron chi connectivity index (χ2n) is 5.98. The van der Waals surface area contributed by atoms with E-state index in [1.54, 1.807) is 20.8 Å². The summed E-state index contributed by atoms with van der Waals surface area (Å²) in [6.07, 6.45) is 0.374. The van der Waals surface area contributed by atoms with Crippen LogP contribution in [0.4, 0.5) is 19.4 Å². The molecule has 134 valence electrons. The number of hydrogen-bond donors (Lipinski definition) is 0. The fraction of sp³-hybridized carbons (Fsp3) is 0.500. The molecule has 1 aromatic rings. The van der Waals surface area contributed by atoms with Crippen molar-refractivity contribution in [2.45, 2.75) is 44.1 Å². The number of benzene rings is 1. The Hall–Kier alpha value is -1.51. The standard InChI is InChI=1S/C14H19F5O3S/c1-14(2,3)22-13(20)5-4-10-21-11-6-8-12(9-7-11)23(15,16,17,18)19/h6-9H,4-5,10H2,1-3H3. The molecule has 0 saturated carbocycles. The summed E-state index contributed by atoms with van der Waals surface area (Å²) < 4.78 is 72.8. The zero-order valence-electron chi connectivity index (χ0n) is 13.0. The third-order valence-electron chi connectivity index (χ3n) is 2.48. The maximum absolute atomic E-state index is 12.5. The Morgan fingerprint density at radius 2 is 1.57 bits per heavy atom. The van der Waals surface area contributed by atoms with Crippen molar-refractivity contribution < 1.29 is 33.7 Å². The summed E-state index contributed by atoms with van der Waals surface area (Å²) in [4.78, 5) is 9.45. The van der Waals surface area contributed by atoms with E-state index in [1.807, 2.05) is 0 Å². The Morgan fingerprint density at radius 1 is 1.04 bits per heavy atom. The highest BCUT2D eigenvalue weighted by atomic mass is 32.5. The lowest BCUT2D eigenvalue weighted by Crippen LogP contribution is -2.23. The molecule has 0 saturated heterocycles. The van der Waals surface area contributed by atoms with Gasteiger partial charge in [0.25, 0.3) is 0 Å². The van der Waals surface area contributed by atoms with Crippen LogP contribution < -0.4 is 4.74 Å². The third-order valence-corrected chi connectivity index (χ3v) is 3.65. The van der Waals surface area contributed by atoms with Crippen LogP contribution in [0, 0.1) is 0 Å². The quantitative estimate of drug-likeness (QED) is 0.362. The van der Waals surface area contributed by atoms with Gasteiger partial charge in [-0.25, -0.2) is 0 Å². The van der Waals surface area contributed by atoms with E-state index >= 15 is 0 Å². The van der Waals surface area contributed by atoms with Crippen molar-refractivity contribution in [3.63, 3.8) is 0 Å². The first-order chi connectivity index (χ1) is 10.1. The summed E-state index contributed by atoms with van der Waals surface area (Å²) in [6.45, 7) is 5.22. The Morgan fingerprint density at radius 3 is 2.00 bits per heavy atom. The van der Waals surface area contributed by atoms with Gasteiger partial charge in [0.1, 0.15) is 16.2 Å². The highest BCUT2D eigenvalue weighted by Crippen LogP contribution is 3.02. The zero-order chi connectivity index (χ0) is 18.0. The molecule has 1 rings (SSSR count). The van der Waals surface area contributed by atoms with Gasteiger partial charge in [-0.3, -0.25) is 4.79 Å². The van der Waals surface area contributed by atoms with Gasteiger partial charge < -0.3 is 9.47 Å². The zero-order valence-corrected chi connectivity index (χ0v) is 13.8. The summed E-state index contributed by atoms with van der Waals surface area (Å²) in [5.41, 5.74) is -0.598. The molecule has 1 aromatic carbocycles. The third kappa shape index (κ3) is 7.54. The van der Waals surface area contributed by atoms with Gasteiger partial charge in [0, 0.05) is 6.42 Å². The first kappa shape index (κ1) is 19.5. The van der Waals surface area contributed by atoms with Crippen molar-refractivity contribution in [3.05, 3.63) is 24.3 Å². The van der Waals surface area contributed by atoms with Crippen molar-refractivity contribution in [1.29, 1.82) is 0 Å². The van der Waals surface area contributed by atoms with Gasteiger partial charge in [0.2, 0.25) is 0 Å². The number of halogens is 5. The molecule has 0 aromatic heterocycles. The van der Waals surface area contributed by atoms with E-state index in [1.165, 1.54) is 0 Å². The van der Waals surface area contributed by atoms with E-state index in [0.717, 1.165) is 12.1 Å². The molecule has 0 aliphatic carbocycles. The summed E-state index contributed by atoms with van der Waals surface area (Å²) in [6, 6.07) is 2.21. The number of rotatable bonds is 6. The van der Waals surface area contributed by atoms with Gasteiger partial charge in [0.15, 0.2) is 0 Å². The maximum atomic E-state index is 12.5. The van der Waals surface area contributed by atoms with Crippen LogP contribution in [0.15, 0.2) is 29.2 Å². The number of esters is 1. The fourth-order valence-electron chi connectivity index (χ4n) is 1.59. The number of hydrogen-bond acceptors (Lipinski definition) is 3. The minimum atomic E-state index is -9.65. The van der Waals surface area contributed by atoms with Crippen LogP contribution in [0.3, 0.4) is 0 Å². The molecule has 0 bridgehead atoms. The van der Waals surface area contributed by atoms with Crippen LogP contribution >= 0.6 is 10.2 Å². The second kappa shape index (κ2) is 5.54. The van der Waals surface area contributed by atoms with E-state index in [4.69, 9.17) is 9.47 Å². The highest BCUT2D eigenvalue weighted by molar-refractivity contribution is 8.45. The van der Waals surface area contributed by atoms with E-state index in [0.29, 0.717) is 0 Å². The molecule has 0 spiro atoms. The van der Waals surface area contributed by atoms with Crippen LogP contribution in [-0.4, -0.2) is 18.2 Å². The molecule has 0 amide bonds. The predicted molar refractivity (Wildman–Crippen MR) is 78.4 cm³/mol. The van der Waals surface area contributed by atoms with Crippen LogP contribution in [0.25, 0.3) is 0 Å². The van der Waals surface area contributed by atoms with Crippen LogP contribution in [0.5, 0.6) is 5.75 Å². The van der Waals surface area contributed by atoms with Gasteiger partial charge in [-0.2, -0.15) is 0 Å². The van der Waals surface area contributed by atoms with Gasteiger partial charge in [-0.05, 0) is 51.5 Å². The molecule has 0 N–H and O–H groups in total. The number of carbonyl (C=O) groups is 1. The van der Waals surface area contributed by atoms with E-state index < -0.39 is 26.7 Å². The van der Waals surface area contributed by atoms with Gasteiger partial charge in [-0.1, -0.05) is 19.4 Å². The largest absolute Gasteiger partial charge is 0.494 e. The fourth-order valence-corrected chi connectivity index (χ4v) is 2.24. The molecule has 0 radical (unpaired) electrons. The van der Waals surface area contributed by atoms with E-state index in [9.17, 15) is 24.2 Å². The Balaban J connectivity index is 2.48. The van der Waals surface area contributed by atoms with E-state index in [2.05, 4.69) is 0 Å². The predicted octanol–water partition coefficient (Wildman–Crippen LogP) is 5.84. The molecule has 3 nitrogen and oxygen atoms in total. The molecule has 0 fully saturated rings. The Kier molecular flexibility index (Phi) is 4.70. The molecule has 23 heavy (non-hydrogen) atoms. The topological polar surface area (TPSA) is 35.5 Å². The van der Waals surface area contributed by atoms with Crippen molar-refractivity contribution in [1.82, 2.24) is 0 Å². The first-order valence-corrected chi connectivity index (χ1v) is 8.71. The smallest absolute Gasteiger partial charge is 0.310 e. The SMILES string of the molecule is CC(C)(C)OC(=O)CCCOc1ccc(S(F)(F)(F)(F)F)cc1. The van der Waals surface area contributed by atoms with Crippen molar-refractivity contribution in [2.75, 3.05) is 6.61 Å². The molecule has 0 atom stereocenters. The number of ether oxygens (including phenoxy) is 2. The lowest BCUT2D eigenvalue weighted by Gasteiger charge is -2.40. The molecule has 0 unspecified atom stereocenters. The maximum Gasteiger partial charge on any atom is 0.310 e. The average Bonchev–Trinajstić information content (AvgIpc) is 2.30. The summed E-state index contributed by atoms with van der Waals surface area (Å²) >= 11 is 0. The monoisotopic (exact) mass is 362 g/mol. The average molecular weight is 362 g/mol. The van der Waals surface area contributed by atoms with Gasteiger partial charge >= 0.3 is 16.2 Å². The molecule has 0 aliphatic heterocycles. The van der Waals surface area contributed by atoms with Crippen LogP contribution in [-0.2, 0) is 9.53 Å². The van der Waals surface area contributed by atoms with Crippen LogP contribution in [0.2, 0.25) is 0 Å². The number of carbonyl (C=O) groups excluding carboxylic acids is 1. The Labute approximate surface area is 131 Å². The molecule has 0 aliphatic rings. The van der Waals surface area contributed by atoms with Crippen molar-refractivity contribution in [3.8, 4) is 5.75 Å². The summed E-state index contributed by atoms with van der Waals surface area (Å²) in [5.74, 6) is -0.405. The minimum Gasteiger partial charge on any atom is -0.494 e. The summed E-state index contributed by atoms with van der Waals surface area (Å²) in [5, 5.41) is 0. The van der Waals surface area contributed by atoms with Crippen LogP contribution in [0.1, 0.15) is 33.6 Å². The molecular formula is C14H19F5O3S. The highest BCUT2D eigenvalue weighted by Gasteiger charge is 2.65. The second-order valence-corrected chi connectivity index (χ2v) is 8.39. The lowest BCUT2D eigenvalue weighted by molar-refractivity contribution is -0.155. The normalized spacial score (nSPS) is 15.5. The van der Waals surface area contributed by atoms with Crippen molar-refractivity contribution in [2.24, 2.45) is 0 Å². The van der Waals surface area contributed by atoms with E-state index in [-0.39, 0.29) is 37.3 Å². The minimum absolute atomic E-state index is 0.0137.